The Balaban J connectivity index is 1.69. The molecule has 1 aromatic carbocycles. The monoisotopic (exact) mass is 332 g/mol. The molecule has 5 heteroatoms. The lowest BCUT2D eigenvalue weighted by atomic mass is 10.0. The van der Waals surface area contributed by atoms with E-state index in [4.69, 9.17) is 9.47 Å². The Labute approximate surface area is 144 Å². The second kappa shape index (κ2) is 7.99. The van der Waals surface area contributed by atoms with Crippen molar-refractivity contribution in [2.45, 2.75) is 51.4 Å². The van der Waals surface area contributed by atoms with Gasteiger partial charge in [0.15, 0.2) is 6.29 Å². The predicted molar refractivity (Wildman–Crippen MR) is 95.2 cm³/mol. The first-order valence-corrected chi connectivity index (χ1v) is 8.98. The summed E-state index contributed by atoms with van der Waals surface area (Å²) in [5.74, 6) is 0.678. The van der Waals surface area contributed by atoms with Gasteiger partial charge in [-0.1, -0.05) is 25.0 Å². The summed E-state index contributed by atoms with van der Waals surface area (Å²) in [5, 5.41) is 3.12. The number of benzene rings is 1. The fourth-order valence-corrected chi connectivity index (χ4v) is 3.77. The number of anilines is 2. The van der Waals surface area contributed by atoms with E-state index in [-0.39, 0.29) is 18.3 Å². The van der Waals surface area contributed by atoms with Gasteiger partial charge in [0, 0.05) is 20.1 Å². The number of carbonyl (C=O) groups is 1. The van der Waals surface area contributed by atoms with Gasteiger partial charge in [0.05, 0.1) is 24.0 Å². The lowest BCUT2D eigenvalue weighted by Crippen LogP contribution is -2.47. The molecule has 132 valence electrons. The molecule has 2 atom stereocenters. The molecule has 0 aromatic heterocycles. The minimum Gasteiger partial charge on any atom is -0.362 e. The van der Waals surface area contributed by atoms with Crippen LogP contribution in [0.15, 0.2) is 24.3 Å². The average Bonchev–Trinajstić information content (AvgIpc) is 3.07. The van der Waals surface area contributed by atoms with Crippen molar-refractivity contribution < 1.29 is 14.3 Å². The summed E-state index contributed by atoms with van der Waals surface area (Å²) in [5.41, 5.74) is 1.92. The number of nitrogens with zero attached hydrogens (tertiary/aromatic N) is 1. The van der Waals surface area contributed by atoms with Gasteiger partial charge >= 0.3 is 0 Å². The third-order valence-corrected chi connectivity index (χ3v) is 4.96. The second-order valence-corrected chi connectivity index (χ2v) is 6.94. The molecule has 1 heterocycles. The Morgan fingerprint density at radius 2 is 2.04 bits per heavy atom. The highest BCUT2D eigenvalue weighted by Gasteiger charge is 2.27. The number of rotatable bonds is 5. The first-order chi connectivity index (χ1) is 11.7. The summed E-state index contributed by atoms with van der Waals surface area (Å²) < 4.78 is 11.1. The highest BCUT2D eigenvalue weighted by Crippen LogP contribution is 2.31. The lowest BCUT2D eigenvalue weighted by molar-refractivity contribution is -0.156. The smallest absolute Gasteiger partial charge is 0.224 e. The molecule has 3 rings (SSSR count). The summed E-state index contributed by atoms with van der Waals surface area (Å²) in [6.45, 7) is 3.49. The molecule has 1 saturated heterocycles. The normalized spacial score (nSPS) is 25.0. The summed E-state index contributed by atoms with van der Waals surface area (Å²) in [6.07, 6.45) is 5.38. The number of amides is 1. The van der Waals surface area contributed by atoms with Crippen molar-refractivity contribution in [2.24, 2.45) is 5.92 Å². The van der Waals surface area contributed by atoms with E-state index in [9.17, 15) is 4.79 Å². The van der Waals surface area contributed by atoms with Crippen LogP contribution in [0.2, 0.25) is 0 Å². The van der Waals surface area contributed by atoms with Crippen LogP contribution in [0.3, 0.4) is 0 Å². The molecule has 1 N–H and O–H groups in total. The van der Waals surface area contributed by atoms with Crippen molar-refractivity contribution >= 4 is 17.3 Å². The van der Waals surface area contributed by atoms with Crippen LogP contribution < -0.4 is 10.2 Å². The molecule has 1 aromatic rings. The van der Waals surface area contributed by atoms with Gasteiger partial charge in [-0.15, -0.1) is 0 Å². The topological polar surface area (TPSA) is 50.8 Å². The molecule has 1 amide bonds. The molecular weight excluding hydrogens is 304 g/mol. The summed E-state index contributed by atoms with van der Waals surface area (Å²) >= 11 is 0. The summed E-state index contributed by atoms with van der Waals surface area (Å²) in [7, 11) is 1.66. The molecule has 0 spiro atoms. The van der Waals surface area contributed by atoms with E-state index in [1.165, 1.54) is 25.7 Å². The van der Waals surface area contributed by atoms with E-state index in [0.29, 0.717) is 18.9 Å². The molecular formula is C19H28N2O3. The van der Waals surface area contributed by atoms with E-state index in [2.05, 4.69) is 16.3 Å². The van der Waals surface area contributed by atoms with Crippen LogP contribution in [0, 0.1) is 5.92 Å². The van der Waals surface area contributed by atoms with Crippen molar-refractivity contribution in [3.8, 4) is 0 Å². The molecule has 1 saturated carbocycles. The van der Waals surface area contributed by atoms with Crippen molar-refractivity contribution in [1.29, 1.82) is 0 Å². The molecule has 2 fully saturated rings. The standard InChI is InChI=1S/C19H28N2O3/c1-14-12-21(13-19(23-2)24-14)17-10-6-5-9-16(17)20-18(22)11-15-7-3-4-8-15/h5-6,9-10,14-15,19H,3-4,7-8,11-13H2,1-2H3,(H,20,22). The number of carbonyl (C=O) groups excluding carboxylic acids is 1. The van der Waals surface area contributed by atoms with E-state index in [1.807, 2.05) is 25.1 Å². The summed E-state index contributed by atoms with van der Waals surface area (Å²) in [6, 6.07) is 8.00. The zero-order valence-electron chi connectivity index (χ0n) is 14.7. The fraction of sp³-hybridized carbons (Fsp3) is 0.632. The fourth-order valence-electron chi connectivity index (χ4n) is 3.77. The molecule has 2 unspecified atom stereocenters. The number of methoxy groups -OCH3 is 1. The number of morpholine rings is 1. The Hall–Kier alpha value is -1.59. The zero-order valence-corrected chi connectivity index (χ0v) is 14.7. The Morgan fingerprint density at radius 1 is 1.29 bits per heavy atom. The number of nitrogens with one attached hydrogen (secondary N) is 1. The number of hydrogen-bond acceptors (Lipinski definition) is 4. The van der Waals surface area contributed by atoms with E-state index in [1.54, 1.807) is 7.11 Å². The van der Waals surface area contributed by atoms with Gasteiger partial charge in [-0.05, 0) is 37.8 Å². The zero-order chi connectivity index (χ0) is 16.9. The largest absolute Gasteiger partial charge is 0.362 e. The SMILES string of the molecule is COC1CN(c2ccccc2NC(=O)CC2CCCC2)CC(C)O1. The minimum atomic E-state index is -0.240. The van der Waals surface area contributed by atoms with E-state index >= 15 is 0 Å². The van der Waals surface area contributed by atoms with Crippen molar-refractivity contribution in [3.05, 3.63) is 24.3 Å². The van der Waals surface area contributed by atoms with Crippen LogP contribution in [0.4, 0.5) is 11.4 Å². The third kappa shape index (κ3) is 4.28. The second-order valence-electron chi connectivity index (χ2n) is 6.94. The number of ether oxygens (including phenoxy) is 2. The van der Waals surface area contributed by atoms with Gasteiger partial charge in [-0.3, -0.25) is 4.79 Å². The summed E-state index contributed by atoms with van der Waals surface area (Å²) in [4.78, 5) is 14.6. The number of hydrogen-bond donors (Lipinski definition) is 1. The highest BCUT2D eigenvalue weighted by molar-refractivity contribution is 5.94. The minimum absolute atomic E-state index is 0.0888. The van der Waals surface area contributed by atoms with Gasteiger partial charge in [-0.2, -0.15) is 0 Å². The third-order valence-electron chi connectivity index (χ3n) is 4.96. The molecule has 5 nitrogen and oxygen atoms in total. The predicted octanol–water partition coefficient (Wildman–Crippen LogP) is 3.40. The van der Waals surface area contributed by atoms with Gasteiger partial charge in [0.25, 0.3) is 0 Å². The molecule has 0 bridgehead atoms. The average molecular weight is 332 g/mol. The van der Waals surface area contributed by atoms with Gasteiger partial charge in [0.1, 0.15) is 0 Å². The maximum atomic E-state index is 12.4. The maximum Gasteiger partial charge on any atom is 0.224 e. The Morgan fingerprint density at radius 3 is 2.79 bits per heavy atom. The van der Waals surface area contributed by atoms with Crippen molar-refractivity contribution in [3.63, 3.8) is 0 Å². The van der Waals surface area contributed by atoms with Crippen LogP contribution in [0.5, 0.6) is 0 Å². The molecule has 1 aliphatic carbocycles. The molecule has 24 heavy (non-hydrogen) atoms. The van der Waals surface area contributed by atoms with Crippen LogP contribution >= 0.6 is 0 Å². The lowest BCUT2D eigenvalue weighted by Gasteiger charge is -2.38. The van der Waals surface area contributed by atoms with Gasteiger partial charge in [-0.25, -0.2) is 0 Å². The highest BCUT2D eigenvalue weighted by atomic mass is 16.7. The van der Waals surface area contributed by atoms with Crippen molar-refractivity contribution in [2.75, 3.05) is 30.4 Å². The first-order valence-electron chi connectivity index (χ1n) is 8.98. The Kier molecular flexibility index (Phi) is 5.74. The first kappa shape index (κ1) is 17.2. The number of para-hydroxylation sites is 2. The molecule has 2 aliphatic rings. The van der Waals surface area contributed by atoms with Crippen LogP contribution in [0.1, 0.15) is 39.0 Å². The van der Waals surface area contributed by atoms with E-state index in [0.717, 1.165) is 17.9 Å². The van der Waals surface area contributed by atoms with Crippen LogP contribution in [-0.2, 0) is 14.3 Å². The van der Waals surface area contributed by atoms with Gasteiger partial charge < -0.3 is 19.7 Å². The van der Waals surface area contributed by atoms with Crippen LogP contribution in [0.25, 0.3) is 0 Å². The molecule has 0 radical (unpaired) electrons. The van der Waals surface area contributed by atoms with Crippen molar-refractivity contribution in [1.82, 2.24) is 0 Å². The molecule has 1 aliphatic heterocycles. The van der Waals surface area contributed by atoms with E-state index < -0.39 is 0 Å². The van der Waals surface area contributed by atoms with Crippen LogP contribution in [-0.4, -0.2) is 38.5 Å². The maximum absolute atomic E-state index is 12.4. The quantitative estimate of drug-likeness (QED) is 0.898. The van der Waals surface area contributed by atoms with Gasteiger partial charge in [0.2, 0.25) is 5.91 Å². The Bertz CT molecular complexity index is 557.